The molecule has 0 unspecified atom stereocenters. The molecule has 0 aromatic carbocycles. The predicted molar refractivity (Wildman–Crippen MR) is 71.6 cm³/mol. The van der Waals surface area contributed by atoms with E-state index in [1.165, 1.54) is 11.8 Å². The van der Waals surface area contributed by atoms with Gasteiger partial charge in [-0.25, -0.2) is 9.97 Å². The fourth-order valence-electron chi connectivity index (χ4n) is 1.39. The second kappa shape index (κ2) is 6.02. The Hall–Kier alpha value is -1.33. The first-order valence-corrected chi connectivity index (χ1v) is 6.73. The molecule has 5 heteroatoms. The lowest BCUT2D eigenvalue weighted by atomic mass is 10.3. The molecular formula is C13H17N3OS. The van der Waals surface area contributed by atoms with Crippen LogP contribution in [-0.2, 0) is 6.54 Å². The fourth-order valence-corrected chi connectivity index (χ4v) is 2.11. The van der Waals surface area contributed by atoms with Crippen LogP contribution in [0.4, 0.5) is 0 Å². The van der Waals surface area contributed by atoms with E-state index in [2.05, 4.69) is 29.1 Å². The Morgan fingerprint density at radius 2 is 2.06 bits per heavy atom. The summed E-state index contributed by atoms with van der Waals surface area (Å²) >= 11 is 1.52. The summed E-state index contributed by atoms with van der Waals surface area (Å²) in [6.07, 6.45) is 5.40. The van der Waals surface area contributed by atoms with Crippen LogP contribution in [0.5, 0.6) is 0 Å². The van der Waals surface area contributed by atoms with Gasteiger partial charge in [-0.1, -0.05) is 13.8 Å². The Morgan fingerprint density at radius 3 is 2.61 bits per heavy atom. The molecule has 2 aromatic heterocycles. The monoisotopic (exact) mass is 263 g/mol. The third-order valence-corrected chi connectivity index (χ3v) is 3.45. The van der Waals surface area contributed by atoms with Crippen molar-refractivity contribution in [3.8, 4) is 0 Å². The van der Waals surface area contributed by atoms with Crippen molar-refractivity contribution in [1.82, 2.24) is 15.3 Å². The third-order valence-electron chi connectivity index (χ3n) is 2.41. The van der Waals surface area contributed by atoms with Crippen LogP contribution in [0.2, 0.25) is 0 Å². The second-order valence-corrected chi connectivity index (χ2v) is 5.36. The van der Waals surface area contributed by atoms with E-state index in [0.717, 1.165) is 27.9 Å². The summed E-state index contributed by atoms with van der Waals surface area (Å²) in [5.74, 6) is 0.897. The topological polar surface area (TPSA) is 51.0 Å². The molecule has 2 aromatic rings. The molecule has 0 saturated heterocycles. The molecule has 0 aliphatic rings. The summed E-state index contributed by atoms with van der Waals surface area (Å²) in [5.41, 5.74) is 1.09. The minimum atomic E-state index is 0.465. The van der Waals surface area contributed by atoms with Crippen LogP contribution in [0.25, 0.3) is 0 Å². The van der Waals surface area contributed by atoms with Gasteiger partial charge in [0, 0.05) is 30.5 Å². The standard InChI is InChI=1S/C13H17N3OS/c1-9(2)14-6-11-7-15-13(16-8-11)18-12-4-5-17-10(12)3/h4-5,7-9,14H,6H2,1-3H3. The Morgan fingerprint density at radius 1 is 1.33 bits per heavy atom. The maximum absolute atomic E-state index is 5.24. The van der Waals surface area contributed by atoms with E-state index in [-0.39, 0.29) is 0 Å². The normalized spacial score (nSPS) is 11.1. The zero-order valence-electron chi connectivity index (χ0n) is 10.8. The maximum atomic E-state index is 5.24. The quantitative estimate of drug-likeness (QED) is 0.840. The van der Waals surface area contributed by atoms with E-state index < -0.39 is 0 Å². The molecule has 1 N–H and O–H groups in total. The third kappa shape index (κ3) is 3.58. The lowest BCUT2D eigenvalue weighted by Gasteiger charge is -2.07. The average Bonchev–Trinajstić information content (AvgIpc) is 2.74. The van der Waals surface area contributed by atoms with Crippen molar-refractivity contribution in [3.05, 3.63) is 36.0 Å². The smallest absolute Gasteiger partial charge is 0.192 e. The van der Waals surface area contributed by atoms with E-state index >= 15 is 0 Å². The summed E-state index contributed by atoms with van der Waals surface area (Å²) in [4.78, 5) is 9.74. The first-order chi connectivity index (χ1) is 8.65. The van der Waals surface area contributed by atoms with Crippen LogP contribution in [0.15, 0.2) is 39.2 Å². The molecule has 0 fully saturated rings. The number of hydrogen-bond acceptors (Lipinski definition) is 5. The summed E-state index contributed by atoms with van der Waals surface area (Å²) in [6, 6.07) is 2.39. The first kappa shape index (κ1) is 13.1. The highest BCUT2D eigenvalue weighted by Crippen LogP contribution is 2.27. The van der Waals surface area contributed by atoms with Crippen molar-refractivity contribution >= 4 is 11.8 Å². The summed E-state index contributed by atoms with van der Waals surface area (Å²) in [6.45, 7) is 6.97. The molecule has 0 spiro atoms. The van der Waals surface area contributed by atoms with Gasteiger partial charge in [-0.2, -0.15) is 0 Å². The van der Waals surface area contributed by atoms with E-state index in [0.29, 0.717) is 6.04 Å². The largest absolute Gasteiger partial charge is 0.468 e. The van der Waals surface area contributed by atoms with Gasteiger partial charge in [-0.3, -0.25) is 0 Å². The number of nitrogens with one attached hydrogen (secondary N) is 1. The van der Waals surface area contributed by atoms with E-state index in [1.807, 2.05) is 25.4 Å². The van der Waals surface area contributed by atoms with Crippen LogP contribution >= 0.6 is 11.8 Å². The average molecular weight is 263 g/mol. The maximum Gasteiger partial charge on any atom is 0.192 e. The number of furan rings is 1. The van der Waals surface area contributed by atoms with Crippen molar-refractivity contribution in [1.29, 1.82) is 0 Å². The number of aromatic nitrogens is 2. The number of hydrogen-bond donors (Lipinski definition) is 1. The van der Waals surface area contributed by atoms with Crippen LogP contribution in [0.1, 0.15) is 25.2 Å². The lowest BCUT2D eigenvalue weighted by molar-refractivity contribution is 0.527. The Balaban J connectivity index is 1.97. The van der Waals surface area contributed by atoms with Gasteiger partial charge < -0.3 is 9.73 Å². The van der Waals surface area contributed by atoms with Gasteiger partial charge in [-0.05, 0) is 24.8 Å². The highest BCUT2D eigenvalue weighted by molar-refractivity contribution is 7.99. The highest BCUT2D eigenvalue weighted by Gasteiger charge is 2.06. The molecule has 0 atom stereocenters. The van der Waals surface area contributed by atoms with Gasteiger partial charge in [0.25, 0.3) is 0 Å². The molecule has 0 bridgehead atoms. The minimum absolute atomic E-state index is 0.465. The molecule has 18 heavy (non-hydrogen) atoms. The van der Waals surface area contributed by atoms with E-state index in [1.54, 1.807) is 6.26 Å². The first-order valence-electron chi connectivity index (χ1n) is 5.91. The van der Waals surface area contributed by atoms with Crippen molar-refractivity contribution in [2.75, 3.05) is 0 Å². The molecule has 0 aliphatic carbocycles. The number of rotatable bonds is 5. The second-order valence-electron chi connectivity index (χ2n) is 4.35. The molecule has 2 rings (SSSR count). The summed E-state index contributed by atoms with van der Waals surface area (Å²) < 4.78 is 5.24. The van der Waals surface area contributed by atoms with E-state index in [9.17, 15) is 0 Å². The van der Waals surface area contributed by atoms with Gasteiger partial charge in [0.1, 0.15) is 5.76 Å². The Bertz CT molecular complexity index is 493. The van der Waals surface area contributed by atoms with Gasteiger partial charge in [0.2, 0.25) is 0 Å². The SMILES string of the molecule is Cc1occc1Sc1ncc(CNC(C)C)cn1. The van der Waals surface area contributed by atoms with Crippen LogP contribution in [-0.4, -0.2) is 16.0 Å². The number of nitrogens with zero attached hydrogens (tertiary/aromatic N) is 2. The van der Waals surface area contributed by atoms with Crippen LogP contribution in [0.3, 0.4) is 0 Å². The molecule has 4 nitrogen and oxygen atoms in total. The van der Waals surface area contributed by atoms with Crippen LogP contribution < -0.4 is 5.32 Å². The molecule has 0 amide bonds. The van der Waals surface area contributed by atoms with Crippen molar-refractivity contribution < 1.29 is 4.42 Å². The molecule has 2 heterocycles. The highest BCUT2D eigenvalue weighted by atomic mass is 32.2. The van der Waals surface area contributed by atoms with E-state index in [4.69, 9.17) is 4.42 Å². The molecule has 0 aliphatic heterocycles. The van der Waals surface area contributed by atoms with Crippen molar-refractivity contribution in [2.45, 2.75) is 43.4 Å². The zero-order chi connectivity index (χ0) is 13.0. The van der Waals surface area contributed by atoms with Crippen LogP contribution in [0, 0.1) is 6.92 Å². The molecule has 0 saturated carbocycles. The summed E-state index contributed by atoms with van der Waals surface area (Å²) in [5, 5.41) is 4.08. The predicted octanol–water partition coefficient (Wildman–Crippen LogP) is 3.03. The van der Waals surface area contributed by atoms with Gasteiger partial charge in [0.05, 0.1) is 11.2 Å². The zero-order valence-corrected chi connectivity index (χ0v) is 11.6. The van der Waals surface area contributed by atoms with Crippen molar-refractivity contribution in [3.63, 3.8) is 0 Å². The molecular weight excluding hydrogens is 246 g/mol. The number of aryl methyl sites for hydroxylation is 1. The van der Waals surface area contributed by atoms with Crippen molar-refractivity contribution in [2.24, 2.45) is 0 Å². The molecule has 96 valence electrons. The van der Waals surface area contributed by atoms with Gasteiger partial charge in [-0.15, -0.1) is 0 Å². The van der Waals surface area contributed by atoms with Gasteiger partial charge in [0.15, 0.2) is 5.16 Å². The molecule has 0 radical (unpaired) electrons. The fraction of sp³-hybridized carbons (Fsp3) is 0.385. The Labute approximate surface area is 111 Å². The summed E-state index contributed by atoms with van der Waals surface area (Å²) in [7, 11) is 0. The van der Waals surface area contributed by atoms with Gasteiger partial charge >= 0.3 is 0 Å². The minimum Gasteiger partial charge on any atom is -0.468 e. The Kier molecular flexibility index (Phi) is 4.38. The lowest BCUT2D eigenvalue weighted by Crippen LogP contribution is -2.21.